The van der Waals surface area contributed by atoms with Crippen LogP contribution in [-0.2, 0) is 19.4 Å². The van der Waals surface area contributed by atoms with Crippen molar-refractivity contribution in [3.63, 3.8) is 0 Å². The van der Waals surface area contributed by atoms with E-state index in [0.717, 1.165) is 40.0 Å². The van der Waals surface area contributed by atoms with Crippen molar-refractivity contribution in [2.45, 2.75) is 32.7 Å². The van der Waals surface area contributed by atoms with Gasteiger partial charge in [-0.3, -0.25) is 9.48 Å². The molecule has 0 bridgehead atoms. The summed E-state index contributed by atoms with van der Waals surface area (Å²) in [5.74, 6) is -0.353. The van der Waals surface area contributed by atoms with Crippen molar-refractivity contribution in [2.24, 2.45) is 0 Å². The molecule has 146 valence electrons. The number of halogens is 1. The smallest absolute Gasteiger partial charge is 0.265 e. The summed E-state index contributed by atoms with van der Waals surface area (Å²) in [4.78, 5) is 14.4. The summed E-state index contributed by atoms with van der Waals surface area (Å²) in [5.41, 5.74) is 5.42. The summed E-state index contributed by atoms with van der Waals surface area (Å²) in [7, 11) is 0. The van der Waals surface area contributed by atoms with E-state index in [0.29, 0.717) is 11.4 Å². The van der Waals surface area contributed by atoms with Crippen LogP contribution in [0.5, 0.6) is 0 Å². The number of amides is 1. The Morgan fingerprint density at radius 1 is 1.14 bits per heavy atom. The van der Waals surface area contributed by atoms with E-state index in [1.54, 1.807) is 12.1 Å². The van der Waals surface area contributed by atoms with Crippen molar-refractivity contribution >= 4 is 33.1 Å². The summed E-state index contributed by atoms with van der Waals surface area (Å²) < 4.78 is 15.0. The number of hydrogen-bond donors (Lipinski definition) is 1. The van der Waals surface area contributed by atoms with Crippen LogP contribution >= 0.6 is 11.3 Å². The summed E-state index contributed by atoms with van der Waals surface area (Å²) in [6, 6.07) is 14.5. The van der Waals surface area contributed by atoms with Crippen LogP contribution in [0.2, 0.25) is 0 Å². The van der Waals surface area contributed by atoms with Gasteiger partial charge in [0.25, 0.3) is 5.91 Å². The molecule has 0 fully saturated rings. The SMILES string of the molecule is Cc1nn(Cc2ccc(F)cc2)c2sc(C(=O)Nc3ccc4c(c3)CCC4)cc12. The molecule has 0 saturated carbocycles. The second kappa shape index (κ2) is 7.12. The fourth-order valence-electron chi connectivity index (χ4n) is 3.94. The Kier molecular flexibility index (Phi) is 4.43. The number of hydrogen-bond acceptors (Lipinski definition) is 3. The quantitative estimate of drug-likeness (QED) is 0.498. The Labute approximate surface area is 172 Å². The van der Waals surface area contributed by atoms with Gasteiger partial charge in [-0.2, -0.15) is 5.10 Å². The number of carbonyl (C=O) groups excluding carboxylic acids is 1. The summed E-state index contributed by atoms with van der Waals surface area (Å²) in [6.07, 6.45) is 3.40. The average Bonchev–Trinajstić information content (AvgIpc) is 3.41. The minimum atomic E-state index is -0.253. The van der Waals surface area contributed by atoms with Crippen LogP contribution < -0.4 is 5.32 Å². The molecule has 4 aromatic rings. The number of thiophene rings is 1. The van der Waals surface area contributed by atoms with Crippen molar-refractivity contribution in [3.8, 4) is 0 Å². The maximum atomic E-state index is 13.2. The Bertz CT molecular complexity index is 1220. The highest BCUT2D eigenvalue weighted by Gasteiger charge is 2.18. The third-order valence-electron chi connectivity index (χ3n) is 5.43. The first-order valence-electron chi connectivity index (χ1n) is 9.71. The van der Waals surface area contributed by atoms with Crippen molar-refractivity contribution in [1.82, 2.24) is 9.78 Å². The molecular formula is C23H20FN3OS. The van der Waals surface area contributed by atoms with Crippen LogP contribution in [-0.4, -0.2) is 15.7 Å². The topological polar surface area (TPSA) is 46.9 Å². The van der Waals surface area contributed by atoms with Gasteiger partial charge in [-0.25, -0.2) is 4.39 Å². The Balaban J connectivity index is 1.40. The monoisotopic (exact) mass is 405 g/mol. The maximum absolute atomic E-state index is 13.2. The zero-order valence-corrected chi connectivity index (χ0v) is 16.9. The molecule has 0 aliphatic heterocycles. The van der Waals surface area contributed by atoms with E-state index in [2.05, 4.69) is 22.5 Å². The minimum absolute atomic E-state index is 0.100. The number of rotatable bonds is 4. The van der Waals surface area contributed by atoms with Gasteiger partial charge in [0.1, 0.15) is 10.6 Å². The first-order chi connectivity index (χ1) is 14.1. The van der Waals surface area contributed by atoms with Crippen LogP contribution in [0, 0.1) is 12.7 Å². The Morgan fingerprint density at radius 2 is 1.93 bits per heavy atom. The fourth-order valence-corrected chi connectivity index (χ4v) is 4.99. The van der Waals surface area contributed by atoms with Crippen LogP contribution in [0.3, 0.4) is 0 Å². The van der Waals surface area contributed by atoms with Gasteiger partial charge >= 0.3 is 0 Å². The highest BCUT2D eigenvalue weighted by molar-refractivity contribution is 7.20. The van der Waals surface area contributed by atoms with E-state index >= 15 is 0 Å². The molecule has 0 radical (unpaired) electrons. The summed E-state index contributed by atoms with van der Waals surface area (Å²) >= 11 is 1.43. The van der Waals surface area contributed by atoms with E-state index in [1.165, 1.54) is 41.0 Å². The van der Waals surface area contributed by atoms with Crippen molar-refractivity contribution in [3.05, 3.63) is 81.6 Å². The van der Waals surface area contributed by atoms with Crippen LogP contribution in [0.15, 0.2) is 48.5 Å². The summed E-state index contributed by atoms with van der Waals surface area (Å²) in [6.45, 7) is 2.48. The molecule has 5 rings (SSSR count). The van der Waals surface area contributed by atoms with Crippen LogP contribution in [0.25, 0.3) is 10.2 Å². The van der Waals surface area contributed by atoms with E-state index < -0.39 is 0 Å². The number of anilines is 1. The second-order valence-corrected chi connectivity index (χ2v) is 8.52. The molecule has 1 N–H and O–H groups in total. The van der Waals surface area contributed by atoms with Gasteiger partial charge in [-0.05, 0) is 73.2 Å². The number of fused-ring (bicyclic) bond motifs is 2. The standard InChI is InChI=1S/C23H20FN3OS/c1-14-20-12-21(22(28)25-19-10-7-16-3-2-4-17(16)11-19)29-23(20)27(26-14)13-15-5-8-18(24)9-6-15/h5-12H,2-4,13H2,1H3,(H,25,28). The molecule has 2 heterocycles. The number of benzene rings is 2. The van der Waals surface area contributed by atoms with Crippen LogP contribution in [0.1, 0.15) is 38.5 Å². The molecule has 0 atom stereocenters. The lowest BCUT2D eigenvalue weighted by molar-refractivity contribution is 0.103. The third kappa shape index (κ3) is 3.44. The molecule has 6 heteroatoms. The number of aryl methyl sites for hydroxylation is 3. The van der Waals surface area contributed by atoms with Crippen molar-refractivity contribution < 1.29 is 9.18 Å². The molecular weight excluding hydrogens is 385 g/mol. The van der Waals surface area contributed by atoms with Crippen LogP contribution in [0.4, 0.5) is 10.1 Å². The number of nitrogens with one attached hydrogen (secondary N) is 1. The normalized spacial score (nSPS) is 13.0. The van der Waals surface area contributed by atoms with Gasteiger partial charge < -0.3 is 5.32 Å². The van der Waals surface area contributed by atoms with Crippen molar-refractivity contribution in [1.29, 1.82) is 0 Å². The lowest BCUT2D eigenvalue weighted by Crippen LogP contribution is -2.10. The zero-order chi connectivity index (χ0) is 20.0. The highest BCUT2D eigenvalue weighted by atomic mass is 32.1. The first-order valence-corrected chi connectivity index (χ1v) is 10.5. The molecule has 1 aliphatic rings. The molecule has 0 unspecified atom stereocenters. The lowest BCUT2D eigenvalue weighted by Gasteiger charge is -2.06. The zero-order valence-electron chi connectivity index (χ0n) is 16.0. The predicted octanol–water partition coefficient (Wildman–Crippen LogP) is 5.33. The maximum Gasteiger partial charge on any atom is 0.265 e. The van der Waals surface area contributed by atoms with Crippen molar-refractivity contribution in [2.75, 3.05) is 5.32 Å². The molecule has 2 aromatic carbocycles. The second-order valence-electron chi connectivity index (χ2n) is 7.49. The van der Waals surface area contributed by atoms with E-state index in [1.807, 2.05) is 23.7 Å². The summed E-state index contributed by atoms with van der Waals surface area (Å²) in [5, 5.41) is 8.61. The minimum Gasteiger partial charge on any atom is -0.321 e. The predicted molar refractivity (Wildman–Crippen MR) is 114 cm³/mol. The Hall–Kier alpha value is -2.99. The van der Waals surface area contributed by atoms with E-state index in [-0.39, 0.29) is 11.7 Å². The van der Waals surface area contributed by atoms with E-state index in [4.69, 9.17) is 0 Å². The first kappa shape index (κ1) is 18.1. The molecule has 1 amide bonds. The van der Waals surface area contributed by atoms with E-state index in [9.17, 15) is 9.18 Å². The van der Waals surface area contributed by atoms with Gasteiger partial charge in [0.05, 0.1) is 17.1 Å². The highest BCUT2D eigenvalue weighted by Crippen LogP contribution is 2.30. The largest absolute Gasteiger partial charge is 0.321 e. The molecule has 0 saturated heterocycles. The molecule has 2 aromatic heterocycles. The average molecular weight is 405 g/mol. The lowest BCUT2D eigenvalue weighted by atomic mass is 10.1. The Morgan fingerprint density at radius 3 is 2.76 bits per heavy atom. The number of aromatic nitrogens is 2. The molecule has 4 nitrogen and oxygen atoms in total. The number of nitrogens with zero attached hydrogens (tertiary/aromatic N) is 2. The third-order valence-corrected chi connectivity index (χ3v) is 6.58. The molecule has 29 heavy (non-hydrogen) atoms. The van der Waals surface area contributed by atoms with Gasteiger partial charge in [-0.15, -0.1) is 11.3 Å². The number of carbonyl (C=O) groups is 1. The van der Waals surface area contributed by atoms with Gasteiger partial charge in [0.2, 0.25) is 0 Å². The van der Waals surface area contributed by atoms with Gasteiger partial charge in [-0.1, -0.05) is 18.2 Å². The molecule has 0 spiro atoms. The molecule has 1 aliphatic carbocycles. The van der Waals surface area contributed by atoms with Gasteiger partial charge in [0, 0.05) is 11.1 Å². The fraction of sp³-hybridized carbons (Fsp3) is 0.217. The van der Waals surface area contributed by atoms with Gasteiger partial charge in [0.15, 0.2) is 0 Å².